The van der Waals surface area contributed by atoms with E-state index < -0.39 is 0 Å². The van der Waals surface area contributed by atoms with Crippen LogP contribution in [0.1, 0.15) is 31.4 Å². The van der Waals surface area contributed by atoms with Crippen molar-refractivity contribution in [1.82, 2.24) is 4.98 Å². The van der Waals surface area contributed by atoms with Gasteiger partial charge in [0.2, 0.25) is 0 Å². The first-order valence-corrected chi connectivity index (χ1v) is 4.94. The molecule has 0 fully saturated rings. The molecule has 1 N–H and O–H groups in total. The van der Waals surface area contributed by atoms with Gasteiger partial charge in [-0.1, -0.05) is 13.8 Å². The molecule has 74 valence electrons. The average Bonchev–Trinajstić information content (AvgIpc) is 2.26. The molecule has 1 aromatic rings. The summed E-state index contributed by atoms with van der Waals surface area (Å²) in [4.78, 5) is 4.22. The average molecular weight is 189 g/mol. The SMILES string of the molecule is CCCNc1ncc(CC)cc1C#N. The van der Waals surface area contributed by atoms with Crippen LogP contribution in [0.15, 0.2) is 12.3 Å². The minimum absolute atomic E-state index is 0.637. The summed E-state index contributed by atoms with van der Waals surface area (Å²) in [5, 5.41) is 12.0. The molecule has 3 heteroatoms. The smallest absolute Gasteiger partial charge is 0.143 e. The number of hydrogen-bond acceptors (Lipinski definition) is 3. The summed E-state index contributed by atoms with van der Waals surface area (Å²) in [6.07, 6.45) is 3.76. The van der Waals surface area contributed by atoms with Crippen molar-refractivity contribution < 1.29 is 0 Å². The summed E-state index contributed by atoms with van der Waals surface area (Å²) >= 11 is 0. The third-order valence-corrected chi connectivity index (χ3v) is 2.02. The molecule has 0 unspecified atom stereocenters. The van der Waals surface area contributed by atoms with Crippen molar-refractivity contribution in [2.75, 3.05) is 11.9 Å². The molecule has 0 radical (unpaired) electrons. The van der Waals surface area contributed by atoms with Crippen molar-refractivity contribution in [2.45, 2.75) is 26.7 Å². The van der Waals surface area contributed by atoms with Crippen molar-refractivity contribution in [1.29, 1.82) is 5.26 Å². The molecule has 0 amide bonds. The zero-order valence-electron chi connectivity index (χ0n) is 8.67. The van der Waals surface area contributed by atoms with E-state index in [0.717, 1.165) is 24.9 Å². The zero-order valence-corrected chi connectivity index (χ0v) is 8.67. The third kappa shape index (κ3) is 2.46. The molecule has 0 atom stereocenters. The Labute approximate surface area is 84.8 Å². The lowest BCUT2D eigenvalue weighted by Gasteiger charge is -2.06. The summed E-state index contributed by atoms with van der Waals surface area (Å²) in [7, 11) is 0. The predicted octanol–water partition coefficient (Wildman–Crippen LogP) is 2.34. The molecular formula is C11H15N3. The summed E-state index contributed by atoms with van der Waals surface area (Å²) in [5.41, 5.74) is 1.74. The Hall–Kier alpha value is -1.56. The van der Waals surface area contributed by atoms with Gasteiger partial charge in [-0.3, -0.25) is 0 Å². The van der Waals surface area contributed by atoms with Crippen LogP contribution in [-0.4, -0.2) is 11.5 Å². The molecule has 1 heterocycles. The lowest BCUT2D eigenvalue weighted by molar-refractivity contribution is 0.964. The van der Waals surface area contributed by atoms with E-state index in [1.165, 1.54) is 0 Å². The molecule has 0 bridgehead atoms. The number of nitrogens with zero attached hydrogens (tertiary/aromatic N) is 2. The van der Waals surface area contributed by atoms with Crippen molar-refractivity contribution >= 4 is 5.82 Å². The Bertz CT molecular complexity index is 339. The summed E-state index contributed by atoms with van der Waals surface area (Å²) in [6, 6.07) is 4.05. The van der Waals surface area contributed by atoms with Gasteiger partial charge in [0, 0.05) is 12.7 Å². The Balaban J connectivity index is 2.89. The van der Waals surface area contributed by atoms with E-state index in [0.29, 0.717) is 11.4 Å². The molecule has 0 aromatic carbocycles. The van der Waals surface area contributed by atoms with Crippen LogP contribution in [0.5, 0.6) is 0 Å². The largest absolute Gasteiger partial charge is 0.369 e. The number of rotatable bonds is 4. The minimum Gasteiger partial charge on any atom is -0.369 e. The summed E-state index contributed by atoms with van der Waals surface area (Å²) in [6.45, 7) is 4.99. The summed E-state index contributed by atoms with van der Waals surface area (Å²) in [5.74, 6) is 0.701. The first-order chi connectivity index (χ1) is 6.81. The van der Waals surface area contributed by atoms with E-state index in [2.05, 4.69) is 30.2 Å². The van der Waals surface area contributed by atoms with Crippen LogP contribution in [0.3, 0.4) is 0 Å². The fraction of sp³-hybridized carbons (Fsp3) is 0.455. The van der Waals surface area contributed by atoms with E-state index >= 15 is 0 Å². The number of pyridine rings is 1. The Morgan fingerprint density at radius 3 is 2.86 bits per heavy atom. The minimum atomic E-state index is 0.637. The lowest BCUT2D eigenvalue weighted by atomic mass is 10.1. The number of nitriles is 1. The molecule has 0 saturated heterocycles. The van der Waals surface area contributed by atoms with Gasteiger partial charge in [0.1, 0.15) is 11.9 Å². The number of aryl methyl sites for hydroxylation is 1. The normalized spacial score (nSPS) is 9.50. The van der Waals surface area contributed by atoms with Crippen LogP contribution >= 0.6 is 0 Å². The van der Waals surface area contributed by atoms with Gasteiger partial charge in [0.25, 0.3) is 0 Å². The fourth-order valence-electron chi connectivity index (χ4n) is 1.17. The van der Waals surface area contributed by atoms with Crippen LogP contribution in [0.2, 0.25) is 0 Å². The van der Waals surface area contributed by atoms with Gasteiger partial charge in [0.05, 0.1) is 5.56 Å². The summed E-state index contributed by atoms with van der Waals surface area (Å²) < 4.78 is 0. The standard InChI is InChI=1S/C11H15N3/c1-3-5-13-11-10(7-12)6-9(4-2)8-14-11/h6,8H,3-5H2,1-2H3,(H,13,14). The molecule has 0 saturated carbocycles. The second kappa shape index (κ2) is 5.23. The van der Waals surface area contributed by atoms with Gasteiger partial charge in [0.15, 0.2) is 0 Å². The van der Waals surface area contributed by atoms with Crippen molar-refractivity contribution in [3.63, 3.8) is 0 Å². The number of anilines is 1. The van der Waals surface area contributed by atoms with Gasteiger partial charge >= 0.3 is 0 Å². The van der Waals surface area contributed by atoms with Gasteiger partial charge in [-0.05, 0) is 24.5 Å². The Morgan fingerprint density at radius 1 is 1.50 bits per heavy atom. The van der Waals surface area contributed by atoms with E-state index in [-0.39, 0.29) is 0 Å². The predicted molar refractivity (Wildman–Crippen MR) is 57.1 cm³/mol. The highest BCUT2D eigenvalue weighted by Crippen LogP contribution is 2.13. The molecular weight excluding hydrogens is 174 g/mol. The second-order valence-corrected chi connectivity index (χ2v) is 3.13. The van der Waals surface area contributed by atoms with E-state index in [1.807, 2.05) is 12.3 Å². The van der Waals surface area contributed by atoms with Gasteiger partial charge in [-0.25, -0.2) is 4.98 Å². The first kappa shape index (κ1) is 10.5. The number of nitrogens with one attached hydrogen (secondary N) is 1. The van der Waals surface area contributed by atoms with Crippen LogP contribution in [0, 0.1) is 11.3 Å². The number of hydrogen-bond donors (Lipinski definition) is 1. The molecule has 1 rings (SSSR count). The molecule has 1 aromatic heterocycles. The maximum Gasteiger partial charge on any atom is 0.143 e. The zero-order chi connectivity index (χ0) is 10.4. The van der Waals surface area contributed by atoms with E-state index in [9.17, 15) is 0 Å². The highest BCUT2D eigenvalue weighted by Gasteiger charge is 2.02. The van der Waals surface area contributed by atoms with E-state index in [1.54, 1.807) is 0 Å². The van der Waals surface area contributed by atoms with Crippen LogP contribution in [0.25, 0.3) is 0 Å². The van der Waals surface area contributed by atoms with Crippen LogP contribution in [-0.2, 0) is 6.42 Å². The maximum atomic E-state index is 8.91. The molecule has 3 nitrogen and oxygen atoms in total. The van der Waals surface area contributed by atoms with Gasteiger partial charge < -0.3 is 5.32 Å². The van der Waals surface area contributed by atoms with Crippen molar-refractivity contribution in [3.8, 4) is 6.07 Å². The molecule has 0 aliphatic carbocycles. The quantitative estimate of drug-likeness (QED) is 0.790. The second-order valence-electron chi connectivity index (χ2n) is 3.13. The molecule has 0 spiro atoms. The lowest BCUT2D eigenvalue weighted by Crippen LogP contribution is -2.04. The topological polar surface area (TPSA) is 48.7 Å². The van der Waals surface area contributed by atoms with Crippen molar-refractivity contribution in [2.24, 2.45) is 0 Å². The highest BCUT2D eigenvalue weighted by atomic mass is 15.0. The van der Waals surface area contributed by atoms with Gasteiger partial charge in [-0.15, -0.1) is 0 Å². The van der Waals surface area contributed by atoms with Crippen LogP contribution < -0.4 is 5.32 Å². The molecule has 0 aliphatic rings. The van der Waals surface area contributed by atoms with Crippen molar-refractivity contribution in [3.05, 3.63) is 23.4 Å². The van der Waals surface area contributed by atoms with Crippen LogP contribution in [0.4, 0.5) is 5.82 Å². The highest BCUT2D eigenvalue weighted by molar-refractivity contribution is 5.52. The maximum absolute atomic E-state index is 8.91. The molecule has 0 aliphatic heterocycles. The monoisotopic (exact) mass is 189 g/mol. The Morgan fingerprint density at radius 2 is 2.29 bits per heavy atom. The van der Waals surface area contributed by atoms with E-state index in [4.69, 9.17) is 5.26 Å². The van der Waals surface area contributed by atoms with Gasteiger partial charge in [-0.2, -0.15) is 5.26 Å². The third-order valence-electron chi connectivity index (χ3n) is 2.02. The number of aromatic nitrogens is 1. The Kier molecular flexibility index (Phi) is 3.93. The first-order valence-electron chi connectivity index (χ1n) is 4.94. The molecule has 14 heavy (non-hydrogen) atoms. The fourth-order valence-corrected chi connectivity index (χ4v) is 1.17.